The lowest BCUT2D eigenvalue weighted by atomic mass is 10.3. The highest BCUT2D eigenvalue weighted by Crippen LogP contribution is 2.38. The number of hydrogen-bond donors (Lipinski definition) is 2. The maximum atomic E-state index is 11.7. The van der Waals surface area contributed by atoms with Crippen LogP contribution in [0.5, 0.6) is 0 Å². The highest BCUT2D eigenvalue weighted by atomic mass is 79.9. The van der Waals surface area contributed by atoms with Crippen LogP contribution in [0.25, 0.3) is 27.8 Å². The van der Waals surface area contributed by atoms with Gasteiger partial charge in [-0.1, -0.05) is 23.2 Å². The van der Waals surface area contributed by atoms with Crippen molar-refractivity contribution < 1.29 is 9.59 Å². The number of halogens is 3. The summed E-state index contributed by atoms with van der Waals surface area (Å²) in [6, 6.07) is 5.33. The predicted octanol–water partition coefficient (Wildman–Crippen LogP) is 5.68. The van der Waals surface area contributed by atoms with E-state index in [0.29, 0.717) is 26.3 Å². The number of aromatic nitrogens is 2. The van der Waals surface area contributed by atoms with Crippen molar-refractivity contribution in [2.24, 2.45) is 0 Å². The number of nitrogens with zero attached hydrogens (tertiary/aromatic N) is 1. The van der Waals surface area contributed by atoms with Crippen LogP contribution in [0.3, 0.4) is 0 Å². The quantitative estimate of drug-likeness (QED) is 0.468. The van der Waals surface area contributed by atoms with Gasteiger partial charge in [-0.2, -0.15) is 0 Å². The predicted molar refractivity (Wildman–Crippen MR) is 106 cm³/mol. The van der Waals surface area contributed by atoms with E-state index in [2.05, 4.69) is 31.2 Å². The molecule has 3 heterocycles. The molecular formula is C15H6BrCl2N3O2S2. The van der Waals surface area contributed by atoms with Crippen molar-refractivity contribution in [3.05, 3.63) is 42.5 Å². The third-order valence-corrected chi connectivity index (χ3v) is 6.91. The monoisotopic (exact) mass is 473 g/mol. The Bertz CT molecular complexity index is 1050. The van der Waals surface area contributed by atoms with Crippen molar-refractivity contribution in [1.82, 2.24) is 15.3 Å². The first kappa shape index (κ1) is 17.1. The van der Waals surface area contributed by atoms with Gasteiger partial charge in [0.2, 0.25) is 0 Å². The molecule has 1 saturated heterocycles. The first-order chi connectivity index (χ1) is 11.9. The molecule has 0 aliphatic carbocycles. The second kappa shape index (κ2) is 6.44. The molecule has 0 spiro atoms. The van der Waals surface area contributed by atoms with Gasteiger partial charge < -0.3 is 4.98 Å². The summed E-state index contributed by atoms with van der Waals surface area (Å²) in [4.78, 5) is 32.7. The fraction of sp³-hybridized carbons (Fsp3) is 0. The smallest absolute Gasteiger partial charge is 0.290 e. The van der Waals surface area contributed by atoms with Crippen molar-refractivity contribution in [3.8, 4) is 10.7 Å². The molecule has 1 aromatic carbocycles. The van der Waals surface area contributed by atoms with Crippen LogP contribution in [-0.4, -0.2) is 21.1 Å². The van der Waals surface area contributed by atoms with Crippen LogP contribution < -0.4 is 5.32 Å². The molecule has 25 heavy (non-hydrogen) atoms. The van der Waals surface area contributed by atoms with E-state index in [1.807, 2.05) is 6.07 Å². The molecule has 0 radical (unpaired) electrons. The Morgan fingerprint density at radius 2 is 1.92 bits per heavy atom. The van der Waals surface area contributed by atoms with E-state index in [0.717, 1.165) is 31.5 Å². The van der Waals surface area contributed by atoms with Gasteiger partial charge in [-0.15, -0.1) is 11.3 Å². The number of hydrogen-bond acceptors (Lipinski definition) is 5. The van der Waals surface area contributed by atoms with Crippen LogP contribution in [0.4, 0.5) is 4.79 Å². The molecule has 0 saturated carbocycles. The molecule has 2 N–H and O–H groups in total. The maximum absolute atomic E-state index is 11.7. The van der Waals surface area contributed by atoms with Crippen molar-refractivity contribution >= 4 is 90.5 Å². The number of imide groups is 1. The molecule has 1 aliphatic rings. The molecule has 0 bridgehead atoms. The van der Waals surface area contributed by atoms with Gasteiger partial charge in [0.15, 0.2) is 0 Å². The van der Waals surface area contributed by atoms with Crippen LogP contribution in [0.1, 0.15) is 4.88 Å². The fourth-order valence-electron chi connectivity index (χ4n) is 2.26. The number of thioether (sulfide) groups is 1. The van der Waals surface area contributed by atoms with Gasteiger partial charge in [-0.25, -0.2) is 4.98 Å². The fourth-order valence-corrected chi connectivity index (χ4v) is 5.00. The van der Waals surface area contributed by atoms with E-state index in [9.17, 15) is 9.59 Å². The number of imidazole rings is 1. The lowest BCUT2D eigenvalue weighted by Gasteiger charge is -1.93. The summed E-state index contributed by atoms with van der Waals surface area (Å²) in [6.45, 7) is 0. The van der Waals surface area contributed by atoms with Gasteiger partial charge in [-0.05, 0) is 52.0 Å². The Labute approximate surface area is 167 Å². The van der Waals surface area contributed by atoms with Crippen molar-refractivity contribution in [1.29, 1.82) is 0 Å². The highest BCUT2D eigenvalue weighted by Gasteiger charge is 2.25. The molecule has 4 rings (SSSR count). The Morgan fingerprint density at radius 3 is 2.64 bits per heavy atom. The number of carbonyl (C=O) groups is 2. The lowest BCUT2D eigenvalue weighted by molar-refractivity contribution is -0.115. The molecule has 1 fully saturated rings. The Hall–Kier alpha value is -1.32. The summed E-state index contributed by atoms with van der Waals surface area (Å²) in [6.07, 6.45) is 1.68. The summed E-state index contributed by atoms with van der Waals surface area (Å²) in [5.74, 6) is 0.285. The van der Waals surface area contributed by atoms with E-state index in [1.54, 1.807) is 18.2 Å². The van der Waals surface area contributed by atoms with Crippen molar-refractivity contribution in [2.45, 2.75) is 0 Å². The van der Waals surface area contributed by atoms with Crippen LogP contribution in [0.15, 0.2) is 27.6 Å². The second-order valence-corrected chi connectivity index (χ2v) is 8.81. The molecule has 1 aliphatic heterocycles. The summed E-state index contributed by atoms with van der Waals surface area (Å²) >= 11 is 17.9. The minimum atomic E-state index is -0.384. The largest absolute Gasteiger partial charge is 0.337 e. The average Bonchev–Trinajstić information content (AvgIpc) is 3.19. The van der Waals surface area contributed by atoms with Gasteiger partial charge in [0, 0.05) is 9.35 Å². The lowest BCUT2D eigenvalue weighted by Crippen LogP contribution is -2.17. The zero-order valence-corrected chi connectivity index (χ0v) is 16.8. The first-order valence-corrected chi connectivity index (χ1v) is 9.98. The van der Waals surface area contributed by atoms with E-state index >= 15 is 0 Å². The summed E-state index contributed by atoms with van der Waals surface area (Å²) in [5, 5.41) is 2.77. The molecule has 5 nitrogen and oxygen atoms in total. The van der Waals surface area contributed by atoms with Crippen LogP contribution in [0, 0.1) is 0 Å². The van der Waals surface area contributed by atoms with Gasteiger partial charge in [0.05, 0.1) is 30.9 Å². The molecule has 0 atom stereocenters. The third kappa shape index (κ3) is 3.24. The van der Waals surface area contributed by atoms with E-state index < -0.39 is 0 Å². The van der Waals surface area contributed by atoms with E-state index in [4.69, 9.17) is 23.2 Å². The zero-order valence-electron chi connectivity index (χ0n) is 12.0. The number of aromatic amines is 1. The van der Waals surface area contributed by atoms with E-state index in [-0.39, 0.29) is 11.1 Å². The summed E-state index contributed by atoms with van der Waals surface area (Å²) < 4.78 is 0.810. The first-order valence-electron chi connectivity index (χ1n) is 6.80. The topological polar surface area (TPSA) is 74.8 Å². The third-order valence-electron chi connectivity index (χ3n) is 3.37. The number of benzene rings is 1. The minimum absolute atomic E-state index is 0.363. The summed E-state index contributed by atoms with van der Waals surface area (Å²) in [7, 11) is 0. The molecule has 2 amide bonds. The highest BCUT2D eigenvalue weighted by molar-refractivity contribution is 9.10. The SMILES string of the molecule is O=C1NC(=O)/C(=C\c2sc(-c3nc4cc(Cl)c(Cl)cc4[nH]3)cc2Br)S1. The zero-order chi connectivity index (χ0) is 17.7. The molecular weight excluding hydrogens is 469 g/mol. The molecule has 126 valence electrons. The van der Waals surface area contributed by atoms with Gasteiger partial charge >= 0.3 is 0 Å². The van der Waals surface area contributed by atoms with Gasteiger partial charge in [-0.3, -0.25) is 14.9 Å². The summed E-state index contributed by atoms with van der Waals surface area (Å²) in [5.41, 5.74) is 1.50. The standard InChI is InChI=1S/C15H6BrCl2N3O2S2/c16-5-1-11(24-10(5)4-12-14(22)21-15(23)25-12)13-19-8-2-6(17)7(18)3-9(8)20-13/h1-4H,(H,19,20)(H,21,22,23)/b12-4+. The molecule has 10 heteroatoms. The van der Waals surface area contributed by atoms with Gasteiger partial charge in [0.1, 0.15) is 5.82 Å². The van der Waals surface area contributed by atoms with Gasteiger partial charge in [0.25, 0.3) is 11.1 Å². The number of H-pyrrole nitrogens is 1. The molecule has 2 aromatic heterocycles. The van der Waals surface area contributed by atoms with E-state index in [1.165, 1.54) is 11.3 Å². The number of amides is 2. The Balaban J connectivity index is 1.74. The number of thiophene rings is 1. The minimum Gasteiger partial charge on any atom is -0.337 e. The number of nitrogens with one attached hydrogen (secondary N) is 2. The Morgan fingerprint density at radius 1 is 1.16 bits per heavy atom. The molecule has 0 unspecified atom stereocenters. The average molecular weight is 475 g/mol. The maximum Gasteiger partial charge on any atom is 0.290 e. The van der Waals surface area contributed by atoms with Crippen molar-refractivity contribution in [3.63, 3.8) is 0 Å². The number of rotatable bonds is 2. The number of carbonyl (C=O) groups excluding carboxylic acids is 2. The van der Waals surface area contributed by atoms with Crippen LogP contribution >= 0.6 is 62.2 Å². The second-order valence-electron chi connectivity index (χ2n) is 5.04. The van der Waals surface area contributed by atoms with Crippen LogP contribution in [-0.2, 0) is 4.79 Å². The molecule has 3 aromatic rings. The normalized spacial score (nSPS) is 16.2. The Kier molecular flexibility index (Phi) is 4.41. The number of fused-ring (bicyclic) bond motifs is 1. The van der Waals surface area contributed by atoms with Crippen molar-refractivity contribution in [2.75, 3.05) is 0 Å². The van der Waals surface area contributed by atoms with Crippen LogP contribution in [0.2, 0.25) is 10.0 Å².